The van der Waals surface area contributed by atoms with Crippen LogP contribution in [0, 0.1) is 0 Å². The van der Waals surface area contributed by atoms with Gasteiger partial charge in [-0.25, -0.2) is 0 Å². The van der Waals surface area contributed by atoms with Gasteiger partial charge in [0.2, 0.25) is 0 Å². The van der Waals surface area contributed by atoms with Crippen molar-refractivity contribution in [2.75, 3.05) is 0 Å². The van der Waals surface area contributed by atoms with Crippen molar-refractivity contribution in [1.82, 2.24) is 0 Å². The van der Waals surface area contributed by atoms with Crippen LogP contribution < -0.4 is 18.9 Å². The first-order valence-electron chi connectivity index (χ1n) is 6.56. The first kappa shape index (κ1) is 13.1. The summed E-state index contributed by atoms with van der Waals surface area (Å²) in [6.07, 6.45) is 0. The minimum Gasteiger partial charge on any atom is -0.168 e. The van der Waals surface area contributed by atoms with Crippen molar-refractivity contribution in [1.29, 1.82) is 0 Å². The molecule has 0 fully saturated rings. The molecule has 0 radical (unpaired) electrons. The van der Waals surface area contributed by atoms with Crippen molar-refractivity contribution in [3.8, 4) is 11.1 Å². The van der Waals surface area contributed by atoms with Gasteiger partial charge in [0.25, 0.3) is 0 Å². The quantitative estimate of drug-likeness (QED) is 0.358. The van der Waals surface area contributed by atoms with Gasteiger partial charge in [-0.1, -0.05) is 54.1 Å². The predicted molar refractivity (Wildman–Crippen MR) is 82.5 cm³/mol. The van der Waals surface area contributed by atoms with E-state index in [-0.39, 0.29) is 18.9 Å². The fourth-order valence-corrected chi connectivity index (χ4v) is 2.86. The van der Waals surface area contributed by atoms with Crippen LogP contribution >= 0.6 is 0 Å². The molecule has 20 heavy (non-hydrogen) atoms. The molecular formula is C19H13Li. The first-order valence-corrected chi connectivity index (χ1v) is 6.56. The summed E-state index contributed by atoms with van der Waals surface area (Å²) in [7, 11) is 0. The zero-order valence-corrected chi connectivity index (χ0v) is 11.5. The monoisotopic (exact) mass is 248 g/mol. The molecule has 0 saturated heterocycles. The summed E-state index contributed by atoms with van der Waals surface area (Å²) in [5.74, 6) is 0. The Labute approximate surface area is 130 Å². The molecule has 4 aromatic rings. The maximum Gasteiger partial charge on any atom is 1.00 e. The van der Waals surface area contributed by atoms with E-state index in [0.29, 0.717) is 0 Å². The number of fused-ring (bicyclic) bond motifs is 2. The molecule has 90 valence electrons. The standard InChI is InChI=1S/C19H13.Li/c1-2-10-16-14(6-1)8-4-12-18(16)19-13-5-9-15-7-3-11-17(15)19;/h1-13H;/q-1;+1. The van der Waals surface area contributed by atoms with Crippen molar-refractivity contribution >= 4 is 21.5 Å². The van der Waals surface area contributed by atoms with Crippen LogP contribution in [0.3, 0.4) is 0 Å². The van der Waals surface area contributed by atoms with Crippen LogP contribution in [0.4, 0.5) is 0 Å². The van der Waals surface area contributed by atoms with E-state index in [1.807, 2.05) is 0 Å². The fourth-order valence-electron chi connectivity index (χ4n) is 2.86. The fraction of sp³-hybridized carbons (Fsp3) is 0. The predicted octanol–water partition coefficient (Wildman–Crippen LogP) is 2.38. The second-order valence-electron chi connectivity index (χ2n) is 4.86. The Morgan fingerprint density at radius 2 is 1.30 bits per heavy atom. The summed E-state index contributed by atoms with van der Waals surface area (Å²) in [4.78, 5) is 0. The van der Waals surface area contributed by atoms with Crippen LogP contribution in [-0.2, 0) is 0 Å². The Bertz CT molecular complexity index is 866. The minimum absolute atomic E-state index is 0. The van der Waals surface area contributed by atoms with Gasteiger partial charge >= 0.3 is 18.9 Å². The Hall–Kier alpha value is -1.87. The molecule has 0 aliphatic carbocycles. The number of hydrogen-bond donors (Lipinski definition) is 0. The van der Waals surface area contributed by atoms with Gasteiger partial charge in [0.15, 0.2) is 0 Å². The third kappa shape index (κ3) is 1.98. The van der Waals surface area contributed by atoms with Crippen LogP contribution in [0.5, 0.6) is 0 Å². The molecule has 1 heteroatoms. The molecule has 0 saturated carbocycles. The summed E-state index contributed by atoms with van der Waals surface area (Å²) < 4.78 is 0. The van der Waals surface area contributed by atoms with E-state index in [4.69, 9.17) is 0 Å². The maximum absolute atomic E-state index is 2.21. The van der Waals surface area contributed by atoms with E-state index in [1.165, 1.54) is 32.7 Å². The molecule has 0 spiro atoms. The van der Waals surface area contributed by atoms with E-state index in [0.717, 1.165) is 0 Å². The number of hydrogen-bond acceptors (Lipinski definition) is 0. The second-order valence-corrected chi connectivity index (χ2v) is 4.86. The Morgan fingerprint density at radius 3 is 2.20 bits per heavy atom. The van der Waals surface area contributed by atoms with E-state index in [9.17, 15) is 0 Å². The van der Waals surface area contributed by atoms with Gasteiger partial charge in [-0.15, -0.1) is 29.0 Å². The molecule has 0 aromatic heterocycles. The molecular weight excluding hydrogens is 235 g/mol. The smallest absolute Gasteiger partial charge is 0.168 e. The van der Waals surface area contributed by atoms with Crippen molar-refractivity contribution in [2.24, 2.45) is 0 Å². The summed E-state index contributed by atoms with van der Waals surface area (Å²) in [6.45, 7) is 0. The van der Waals surface area contributed by atoms with Crippen LogP contribution in [0.25, 0.3) is 32.7 Å². The van der Waals surface area contributed by atoms with E-state index >= 15 is 0 Å². The minimum atomic E-state index is 0. The molecule has 0 aliphatic rings. The summed E-state index contributed by atoms with van der Waals surface area (Å²) in [5, 5.41) is 5.26. The second kappa shape index (κ2) is 5.25. The van der Waals surface area contributed by atoms with Crippen molar-refractivity contribution in [2.45, 2.75) is 0 Å². The summed E-state index contributed by atoms with van der Waals surface area (Å²) >= 11 is 0. The molecule has 0 N–H and O–H groups in total. The average Bonchev–Trinajstić information content (AvgIpc) is 2.95. The van der Waals surface area contributed by atoms with Crippen molar-refractivity contribution < 1.29 is 18.9 Å². The molecule has 0 bridgehead atoms. The van der Waals surface area contributed by atoms with E-state index in [2.05, 4.69) is 78.9 Å². The number of benzene rings is 3. The Kier molecular flexibility index (Phi) is 3.45. The molecule has 0 unspecified atom stereocenters. The van der Waals surface area contributed by atoms with Crippen LogP contribution in [0.1, 0.15) is 0 Å². The maximum atomic E-state index is 2.21. The van der Waals surface area contributed by atoms with Gasteiger partial charge in [-0.3, -0.25) is 0 Å². The molecule has 0 nitrogen and oxygen atoms in total. The topological polar surface area (TPSA) is 0 Å². The largest absolute Gasteiger partial charge is 1.00 e. The molecule has 0 atom stereocenters. The van der Waals surface area contributed by atoms with Gasteiger partial charge in [-0.2, -0.15) is 12.1 Å². The van der Waals surface area contributed by atoms with E-state index in [1.54, 1.807) is 0 Å². The van der Waals surface area contributed by atoms with Crippen LogP contribution in [-0.4, -0.2) is 0 Å². The van der Waals surface area contributed by atoms with Crippen molar-refractivity contribution in [3.05, 3.63) is 78.9 Å². The molecule has 0 amide bonds. The molecule has 4 rings (SSSR count). The Balaban J connectivity index is 0.00000121. The molecule has 0 aliphatic heterocycles. The molecule has 4 aromatic carbocycles. The summed E-state index contributed by atoms with van der Waals surface area (Å²) in [6, 6.07) is 28.1. The van der Waals surface area contributed by atoms with Gasteiger partial charge in [0.05, 0.1) is 0 Å². The summed E-state index contributed by atoms with van der Waals surface area (Å²) in [5.41, 5.74) is 2.63. The normalized spacial score (nSPS) is 10.6. The van der Waals surface area contributed by atoms with Gasteiger partial charge in [-0.05, 0) is 16.3 Å². The van der Waals surface area contributed by atoms with Crippen molar-refractivity contribution in [3.63, 3.8) is 0 Å². The molecule has 0 heterocycles. The van der Waals surface area contributed by atoms with Gasteiger partial charge < -0.3 is 0 Å². The third-order valence-electron chi connectivity index (χ3n) is 3.76. The van der Waals surface area contributed by atoms with Gasteiger partial charge in [0.1, 0.15) is 0 Å². The van der Waals surface area contributed by atoms with Gasteiger partial charge in [0, 0.05) is 0 Å². The SMILES string of the molecule is [Li+].c1ccc2c(-c3cccc4[cH-]ccc34)cccc2c1. The Morgan fingerprint density at radius 1 is 0.600 bits per heavy atom. The third-order valence-corrected chi connectivity index (χ3v) is 3.76. The number of rotatable bonds is 1. The zero-order chi connectivity index (χ0) is 12.7. The first-order chi connectivity index (χ1) is 9.43. The van der Waals surface area contributed by atoms with Crippen LogP contribution in [0.15, 0.2) is 78.9 Å². The van der Waals surface area contributed by atoms with E-state index < -0.39 is 0 Å². The average molecular weight is 248 g/mol. The van der Waals surface area contributed by atoms with Crippen LogP contribution in [0.2, 0.25) is 0 Å². The zero-order valence-electron chi connectivity index (χ0n) is 11.5.